The number of methoxy groups -OCH3 is 1. The third kappa shape index (κ3) is 6.23. The number of ether oxygens (including phenoxy) is 1. The van der Waals surface area contributed by atoms with E-state index in [-0.39, 0.29) is 11.7 Å². The van der Waals surface area contributed by atoms with E-state index in [0.29, 0.717) is 16.5 Å². The third-order valence-corrected chi connectivity index (χ3v) is 6.27. The Morgan fingerprint density at radius 2 is 1.74 bits per heavy atom. The Kier molecular flexibility index (Phi) is 8.07. The van der Waals surface area contributed by atoms with Gasteiger partial charge >= 0.3 is 5.97 Å². The quantitative estimate of drug-likeness (QED) is 0.148. The smallest absolute Gasteiger partial charge is 0.337 e. The number of carbonyl (C=O) groups is 2. The highest BCUT2D eigenvalue weighted by Crippen LogP contribution is 2.28. The van der Waals surface area contributed by atoms with E-state index in [4.69, 9.17) is 0 Å². The number of hydrogen-bond acceptors (Lipinski definition) is 7. The Morgan fingerprint density at radius 1 is 1.03 bits per heavy atom. The molecule has 0 radical (unpaired) electrons. The van der Waals surface area contributed by atoms with Gasteiger partial charge in [0.2, 0.25) is 0 Å². The number of nitrogens with one attached hydrogen (secondary N) is 1. The molecule has 1 aromatic heterocycles. The average molecular weight is 550 g/mol. The molecule has 0 aliphatic rings. The molecule has 10 heteroatoms. The van der Waals surface area contributed by atoms with Crippen LogP contribution in [0, 0.1) is 0 Å². The molecular weight excluding hydrogens is 530 g/mol. The summed E-state index contributed by atoms with van der Waals surface area (Å²) in [5.74, 6) is 0.0833. The summed E-state index contributed by atoms with van der Waals surface area (Å²) in [7, 11) is 1.33. The lowest BCUT2D eigenvalue weighted by atomic mass is 10.1. The van der Waals surface area contributed by atoms with Crippen molar-refractivity contribution >= 4 is 45.8 Å². The largest absolute Gasteiger partial charge is 0.465 e. The molecule has 0 fully saturated rings. The second kappa shape index (κ2) is 11.6. The molecule has 1 heterocycles. The SMILES string of the molecule is COC(=O)c1ccc(C=NNC(=O)CSc2nnc(-c3ccc(Br)cc3)n2-c2ccccc2)cc1. The minimum Gasteiger partial charge on any atom is -0.465 e. The predicted octanol–water partition coefficient (Wildman–Crippen LogP) is 4.73. The topological polar surface area (TPSA) is 98.5 Å². The van der Waals surface area contributed by atoms with Gasteiger partial charge < -0.3 is 4.74 Å². The Morgan fingerprint density at radius 3 is 2.43 bits per heavy atom. The summed E-state index contributed by atoms with van der Waals surface area (Å²) in [6, 6.07) is 24.2. The maximum atomic E-state index is 12.4. The normalized spacial score (nSPS) is 10.9. The van der Waals surface area contributed by atoms with E-state index in [0.717, 1.165) is 21.3 Å². The Bertz CT molecular complexity index is 1340. The van der Waals surface area contributed by atoms with Crippen molar-refractivity contribution in [2.24, 2.45) is 5.10 Å². The van der Waals surface area contributed by atoms with Gasteiger partial charge in [-0.1, -0.05) is 70.2 Å². The summed E-state index contributed by atoms with van der Waals surface area (Å²) in [6.45, 7) is 0. The molecular formula is C25H20BrN5O3S. The maximum Gasteiger partial charge on any atom is 0.337 e. The van der Waals surface area contributed by atoms with Gasteiger partial charge in [-0.25, -0.2) is 10.2 Å². The molecule has 0 unspecified atom stereocenters. The van der Waals surface area contributed by atoms with Gasteiger partial charge in [0.05, 0.1) is 24.6 Å². The van der Waals surface area contributed by atoms with E-state index in [2.05, 4.69) is 41.4 Å². The lowest BCUT2D eigenvalue weighted by Crippen LogP contribution is -2.20. The standard InChI is InChI=1S/C25H20BrN5O3S/c1-34-24(33)19-9-7-17(8-10-19)15-27-28-22(32)16-35-25-30-29-23(18-11-13-20(26)14-12-18)31(25)21-5-3-2-4-6-21/h2-15H,16H2,1H3,(H,28,32). The fourth-order valence-corrected chi connectivity index (χ4v) is 4.13. The summed E-state index contributed by atoms with van der Waals surface area (Å²) < 4.78 is 7.57. The summed E-state index contributed by atoms with van der Waals surface area (Å²) in [5.41, 5.74) is 5.48. The van der Waals surface area contributed by atoms with Gasteiger partial charge in [-0.3, -0.25) is 9.36 Å². The van der Waals surface area contributed by atoms with Crippen molar-refractivity contribution < 1.29 is 14.3 Å². The number of aromatic nitrogens is 3. The summed E-state index contributed by atoms with van der Waals surface area (Å²) in [4.78, 5) is 23.9. The first-order valence-electron chi connectivity index (χ1n) is 10.4. The molecule has 8 nitrogen and oxygen atoms in total. The molecule has 4 rings (SSSR count). The van der Waals surface area contributed by atoms with Gasteiger partial charge in [0.1, 0.15) is 0 Å². The lowest BCUT2D eigenvalue weighted by molar-refractivity contribution is -0.118. The molecule has 0 atom stereocenters. The molecule has 1 N–H and O–H groups in total. The fourth-order valence-electron chi connectivity index (χ4n) is 3.12. The molecule has 4 aromatic rings. The summed E-state index contributed by atoms with van der Waals surface area (Å²) in [5, 5.41) is 13.3. The lowest BCUT2D eigenvalue weighted by Gasteiger charge is -2.10. The van der Waals surface area contributed by atoms with Crippen LogP contribution in [-0.2, 0) is 9.53 Å². The van der Waals surface area contributed by atoms with E-state index in [9.17, 15) is 9.59 Å². The van der Waals surface area contributed by atoms with Gasteiger partial charge in [0.25, 0.3) is 5.91 Å². The Labute approximate surface area is 214 Å². The van der Waals surface area contributed by atoms with E-state index in [1.165, 1.54) is 25.1 Å². The zero-order valence-electron chi connectivity index (χ0n) is 18.6. The number of amides is 1. The molecule has 0 bridgehead atoms. The van der Waals surface area contributed by atoms with E-state index >= 15 is 0 Å². The predicted molar refractivity (Wildman–Crippen MR) is 139 cm³/mol. The van der Waals surface area contributed by atoms with Crippen molar-refractivity contribution in [2.45, 2.75) is 5.16 Å². The highest BCUT2D eigenvalue weighted by Gasteiger charge is 2.17. The fraction of sp³-hybridized carbons (Fsp3) is 0.0800. The van der Waals surface area contributed by atoms with Gasteiger partial charge in [-0.15, -0.1) is 10.2 Å². The first-order chi connectivity index (χ1) is 17.0. The number of hydrogen-bond donors (Lipinski definition) is 1. The number of nitrogens with zero attached hydrogens (tertiary/aromatic N) is 4. The molecule has 0 aliphatic carbocycles. The van der Waals surface area contributed by atoms with Crippen molar-refractivity contribution in [3.63, 3.8) is 0 Å². The van der Waals surface area contributed by atoms with Crippen molar-refractivity contribution in [3.8, 4) is 17.1 Å². The van der Waals surface area contributed by atoms with Crippen molar-refractivity contribution in [2.75, 3.05) is 12.9 Å². The van der Waals surface area contributed by atoms with Crippen molar-refractivity contribution in [1.82, 2.24) is 20.2 Å². The van der Waals surface area contributed by atoms with Crippen LogP contribution in [0.15, 0.2) is 93.6 Å². The molecule has 176 valence electrons. The number of carbonyl (C=O) groups excluding carboxylic acids is 2. The number of rotatable bonds is 8. The minimum atomic E-state index is -0.412. The van der Waals surface area contributed by atoms with Crippen LogP contribution in [0.2, 0.25) is 0 Å². The van der Waals surface area contributed by atoms with Crippen molar-refractivity contribution in [1.29, 1.82) is 0 Å². The summed E-state index contributed by atoms with van der Waals surface area (Å²) in [6.07, 6.45) is 1.50. The van der Waals surface area contributed by atoms with Crippen LogP contribution in [0.1, 0.15) is 15.9 Å². The van der Waals surface area contributed by atoms with E-state index < -0.39 is 5.97 Å². The molecule has 0 saturated carbocycles. The number of para-hydroxylation sites is 1. The van der Waals surface area contributed by atoms with Crippen molar-refractivity contribution in [3.05, 3.63) is 94.5 Å². The second-order valence-corrected chi connectivity index (χ2v) is 9.04. The third-order valence-electron chi connectivity index (χ3n) is 4.82. The van der Waals surface area contributed by atoms with E-state index in [1.54, 1.807) is 24.3 Å². The van der Waals surface area contributed by atoms with E-state index in [1.807, 2.05) is 59.2 Å². The molecule has 0 saturated heterocycles. The minimum absolute atomic E-state index is 0.101. The first-order valence-corrected chi connectivity index (χ1v) is 12.2. The van der Waals surface area contributed by atoms with Crippen LogP contribution < -0.4 is 5.43 Å². The number of thioether (sulfide) groups is 1. The van der Waals surface area contributed by atoms with Crippen LogP contribution in [0.3, 0.4) is 0 Å². The molecule has 0 spiro atoms. The van der Waals surface area contributed by atoms with Gasteiger partial charge in [0.15, 0.2) is 11.0 Å². The van der Waals surface area contributed by atoms with Gasteiger partial charge in [0, 0.05) is 15.7 Å². The van der Waals surface area contributed by atoms with Gasteiger partial charge in [-0.2, -0.15) is 5.10 Å². The van der Waals surface area contributed by atoms with Crippen LogP contribution in [-0.4, -0.2) is 45.7 Å². The zero-order valence-corrected chi connectivity index (χ0v) is 21.0. The van der Waals surface area contributed by atoms with Gasteiger partial charge in [-0.05, 0) is 42.0 Å². The first kappa shape index (κ1) is 24.4. The monoisotopic (exact) mass is 549 g/mol. The highest BCUT2D eigenvalue weighted by molar-refractivity contribution is 9.10. The maximum absolute atomic E-state index is 12.4. The van der Waals surface area contributed by atoms with Crippen LogP contribution >= 0.6 is 27.7 Å². The molecule has 3 aromatic carbocycles. The number of halogens is 1. The second-order valence-electron chi connectivity index (χ2n) is 7.18. The number of benzene rings is 3. The molecule has 1 amide bonds. The Hall–Kier alpha value is -3.76. The average Bonchev–Trinajstić information content (AvgIpc) is 3.32. The molecule has 0 aliphatic heterocycles. The highest BCUT2D eigenvalue weighted by atomic mass is 79.9. The molecule has 35 heavy (non-hydrogen) atoms. The van der Waals surface area contributed by atoms with Crippen LogP contribution in [0.4, 0.5) is 0 Å². The number of esters is 1. The van der Waals surface area contributed by atoms with Crippen LogP contribution in [0.5, 0.6) is 0 Å². The number of hydrazone groups is 1. The summed E-state index contributed by atoms with van der Waals surface area (Å²) >= 11 is 4.72. The Balaban J connectivity index is 1.43. The zero-order chi connectivity index (χ0) is 24.6. The van der Waals surface area contributed by atoms with Crippen LogP contribution in [0.25, 0.3) is 17.1 Å².